The summed E-state index contributed by atoms with van der Waals surface area (Å²) in [5, 5.41) is 13.8. The lowest BCUT2D eigenvalue weighted by Gasteiger charge is -2.20. The topological polar surface area (TPSA) is 80.9 Å². The lowest BCUT2D eigenvalue weighted by Crippen LogP contribution is -2.22. The summed E-state index contributed by atoms with van der Waals surface area (Å²) in [6, 6.07) is 6.96. The largest absolute Gasteiger partial charge is 0.485 e. The maximum absolute atomic E-state index is 15.3. The summed E-state index contributed by atoms with van der Waals surface area (Å²) in [6.45, 7) is 5.54. The van der Waals surface area contributed by atoms with Crippen molar-refractivity contribution in [2.45, 2.75) is 39.5 Å². The molecule has 0 bridgehead atoms. The van der Waals surface area contributed by atoms with Crippen molar-refractivity contribution < 1.29 is 23.5 Å². The van der Waals surface area contributed by atoms with Crippen LogP contribution < -0.4 is 9.47 Å². The van der Waals surface area contributed by atoms with E-state index in [9.17, 15) is 5.11 Å². The van der Waals surface area contributed by atoms with Gasteiger partial charge in [0.05, 0.1) is 24.5 Å². The highest BCUT2D eigenvalue weighted by Crippen LogP contribution is 2.35. The van der Waals surface area contributed by atoms with Gasteiger partial charge in [0.25, 0.3) is 0 Å². The van der Waals surface area contributed by atoms with Gasteiger partial charge in [-0.05, 0) is 50.1 Å². The van der Waals surface area contributed by atoms with Crippen molar-refractivity contribution >= 4 is 0 Å². The standard InChI is InChI=1S/C23H26FN3O4/c1-14-20(15(2)31-26-14)13-30-22-17(11-27-8-6-18(28)12-27)9-16(10-21(22)24)19-5-4-7-25-23(19)29-3/h4-5,7,9-10,18,28H,6,8,11-13H2,1-3H3/t18-/m1/s1. The molecule has 0 radical (unpaired) electrons. The maximum Gasteiger partial charge on any atom is 0.221 e. The SMILES string of the molecule is COc1ncccc1-c1cc(F)c(OCc2c(C)noc2C)c(CN2CC[C@@H](O)C2)c1. The summed E-state index contributed by atoms with van der Waals surface area (Å²) in [7, 11) is 1.54. The normalized spacial score (nSPS) is 16.6. The molecule has 1 saturated heterocycles. The van der Waals surface area contributed by atoms with Crippen LogP contribution in [0.25, 0.3) is 11.1 Å². The molecule has 2 aromatic heterocycles. The third-order valence-corrected chi connectivity index (χ3v) is 5.58. The van der Waals surface area contributed by atoms with Crippen LogP contribution in [-0.4, -0.2) is 46.5 Å². The van der Waals surface area contributed by atoms with E-state index < -0.39 is 5.82 Å². The number of nitrogens with zero attached hydrogens (tertiary/aromatic N) is 3. The zero-order chi connectivity index (χ0) is 22.0. The minimum atomic E-state index is -0.468. The fourth-order valence-corrected chi connectivity index (χ4v) is 3.91. The Balaban J connectivity index is 1.70. The van der Waals surface area contributed by atoms with Gasteiger partial charge in [-0.1, -0.05) is 5.16 Å². The molecule has 7 nitrogen and oxygen atoms in total. The first-order chi connectivity index (χ1) is 15.0. The van der Waals surface area contributed by atoms with Crippen LogP contribution in [-0.2, 0) is 13.2 Å². The monoisotopic (exact) mass is 427 g/mol. The number of benzene rings is 1. The molecule has 31 heavy (non-hydrogen) atoms. The van der Waals surface area contributed by atoms with Crippen molar-refractivity contribution in [3.63, 3.8) is 0 Å². The van der Waals surface area contributed by atoms with Crippen LogP contribution in [0, 0.1) is 19.7 Å². The van der Waals surface area contributed by atoms with Gasteiger partial charge in [0.1, 0.15) is 12.4 Å². The van der Waals surface area contributed by atoms with Gasteiger partial charge in [-0.2, -0.15) is 0 Å². The molecule has 0 spiro atoms. The quantitative estimate of drug-likeness (QED) is 0.616. The van der Waals surface area contributed by atoms with E-state index in [4.69, 9.17) is 14.0 Å². The molecule has 3 heterocycles. The first-order valence-corrected chi connectivity index (χ1v) is 10.2. The van der Waals surface area contributed by atoms with Crippen LogP contribution in [0.4, 0.5) is 4.39 Å². The van der Waals surface area contributed by atoms with Crippen molar-refractivity contribution in [1.82, 2.24) is 15.0 Å². The molecular weight excluding hydrogens is 401 g/mol. The number of hydrogen-bond acceptors (Lipinski definition) is 7. The first-order valence-electron chi connectivity index (χ1n) is 10.2. The number of hydrogen-bond donors (Lipinski definition) is 1. The molecule has 3 aromatic rings. The number of aliphatic hydroxyl groups excluding tert-OH is 1. The van der Waals surface area contributed by atoms with E-state index in [-0.39, 0.29) is 18.5 Å². The number of rotatable bonds is 7. The predicted octanol–water partition coefficient (Wildman–Crippen LogP) is 3.65. The average molecular weight is 427 g/mol. The van der Waals surface area contributed by atoms with Gasteiger partial charge >= 0.3 is 0 Å². The Morgan fingerprint density at radius 1 is 1.32 bits per heavy atom. The zero-order valence-electron chi connectivity index (χ0n) is 17.9. The van der Waals surface area contributed by atoms with Crippen molar-refractivity contribution in [2.75, 3.05) is 20.2 Å². The van der Waals surface area contributed by atoms with Crippen LogP contribution >= 0.6 is 0 Å². The number of ether oxygens (including phenoxy) is 2. The number of pyridine rings is 1. The summed E-state index contributed by atoms with van der Waals surface area (Å²) in [5.41, 5.74) is 3.58. The van der Waals surface area contributed by atoms with Crippen LogP contribution in [0.1, 0.15) is 29.0 Å². The minimum Gasteiger partial charge on any atom is -0.485 e. The van der Waals surface area contributed by atoms with Gasteiger partial charge in [0, 0.05) is 37.0 Å². The van der Waals surface area contributed by atoms with Crippen LogP contribution in [0.2, 0.25) is 0 Å². The number of methoxy groups -OCH3 is 1. The molecule has 0 amide bonds. The molecule has 1 aromatic carbocycles. The molecule has 0 unspecified atom stereocenters. The third kappa shape index (κ3) is 4.55. The Morgan fingerprint density at radius 3 is 2.84 bits per heavy atom. The molecule has 0 saturated carbocycles. The Hall–Kier alpha value is -2.97. The Bertz CT molecular complexity index is 1050. The van der Waals surface area contributed by atoms with Crippen molar-refractivity contribution in [3.8, 4) is 22.8 Å². The smallest absolute Gasteiger partial charge is 0.221 e. The number of β-amino-alcohol motifs (C(OH)–C–C–N with tert-alkyl or cyclic N) is 1. The maximum atomic E-state index is 15.3. The van der Waals surface area contributed by atoms with E-state index >= 15 is 4.39 Å². The van der Waals surface area contributed by atoms with Crippen LogP contribution in [0.3, 0.4) is 0 Å². The number of likely N-dealkylation sites (tertiary alicyclic amines) is 1. The second-order valence-corrected chi connectivity index (χ2v) is 7.78. The van der Waals surface area contributed by atoms with E-state index in [0.29, 0.717) is 47.8 Å². The van der Waals surface area contributed by atoms with Crippen LogP contribution in [0.15, 0.2) is 35.0 Å². The molecule has 4 rings (SSSR count). The molecule has 8 heteroatoms. The number of aliphatic hydroxyl groups is 1. The van der Waals surface area contributed by atoms with Crippen molar-refractivity contribution in [1.29, 1.82) is 0 Å². The van der Waals surface area contributed by atoms with E-state index in [1.807, 2.05) is 19.1 Å². The van der Waals surface area contributed by atoms with E-state index in [1.54, 1.807) is 19.2 Å². The van der Waals surface area contributed by atoms with Gasteiger partial charge in [0.2, 0.25) is 5.88 Å². The van der Waals surface area contributed by atoms with Gasteiger partial charge in [0.15, 0.2) is 11.6 Å². The predicted molar refractivity (Wildman–Crippen MR) is 112 cm³/mol. The second-order valence-electron chi connectivity index (χ2n) is 7.78. The van der Waals surface area contributed by atoms with Crippen molar-refractivity contribution in [3.05, 3.63) is 58.9 Å². The molecular formula is C23H26FN3O4. The molecule has 1 N–H and O–H groups in total. The summed E-state index contributed by atoms with van der Waals surface area (Å²) in [5.74, 6) is 0.797. The molecule has 1 fully saturated rings. The average Bonchev–Trinajstić information content (AvgIpc) is 3.31. The van der Waals surface area contributed by atoms with E-state index in [1.165, 1.54) is 13.2 Å². The second kappa shape index (κ2) is 9.03. The molecule has 1 atom stereocenters. The highest BCUT2D eigenvalue weighted by atomic mass is 19.1. The highest BCUT2D eigenvalue weighted by Gasteiger charge is 2.24. The molecule has 164 valence electrons. The Kier molecular flexibility index (Phi) is 6.20. The van der Waals surface area contributed by atoms with Gasteiger partial charge in [-0.15, -0.1) is 0 Å². The molecule has 1 aliphatic heterocycles. The lowest BCUT2D eigenvalue weighted by molar-refractivity contribution is 0.174. The summed E-state index contributed by atoms with van der Waals surface area (Å²) >= 11 is 0. The highest BCUT2D eigenvalue weighted by molar-refractivity contribution is 5.70. The lowest BCUT2D eigenvalue weighted by atomic mass is 10.0. The Morgan fingerprint density at radius 2 is 2.16 bits per heavy atom. The summed E-state index contributed by atoms with van der Waals surface area (Å²) < 4.78 is 31.8. The molecule has 0 aliphatic carbocycles. The third-order valence-electron chi connectivity index (χ3n) is 5.58. The van der Waals surface area contributed by atoms with Gasteiger partial charge in [-0.25, -0.2) is 9.37 Å². The zero-order valence-corrected chi connectivity index (χ0v) is 17.9. The number of aromatic nitrogens is 2. The van der Waals surface area contributed by atoms with Crippen LogP contribution in [0.5, 0.6) is 11.6 Å². The minimum absolute atomic E-state index is 0.156. The van der Waals surface area contributed by atoms with Crippen molar-refractivity contribution in [2.24, 2.45) is 0 Å². The molecule has 1 aliphatic rings. The van der Waals surface area contributed by atoms with E-state index in [0.717, 1.165) is 17.8 Å². The number of aryl methyl sites for hydroxylation is 2. The number of halogens is 1. The summed E-state index contributed by atoms with van der Waals surface area (Å²) in [6.07, 6.45) is 1.97. The fourth-order valence-electron chi connectivity index (χ4n) is 3.91. The van der Waals surface area contributed by atoms with Gasteiger partial charge in [-0.3, -0.25) is 4.90 Å². The fraction of sp³-hybridized carbons (Fsp3) is 0.391. The Labute approximate surface area is 180 Å². The first kappa shape index (κ1) is 21.3. The summed E-state index contributed by atoms with van der Waals surface area (Å²) in [4.78, 5) is 6.31. The van der Waals surface area contributed by atoms with Gasteiger partial charge < -0.3 is 19.1 Å². The van der Waals surface area contributed by atoms with E-state index in [2.05, 4.69) is 15.0 Å².